The summed E-state index contributed by atoms with van der Waals surface area (Å²) >= 11 is 0. The molecule has 0 saturated carbocycles. The summed E-state index contributed by atoms with van der Waals surface area (Å²) in [5.74, 6) is -5.68. The first-order chi connectivity index (χ1) is 33.3. The molecule has 0 spiro atoms. The number of aliphatic hydroxyl groups excluding tert-OH is 10. The number of ether oxygens (including phenoxy) is 9. The fraction of sp³-hybridized carbons (Fsp3) is 0.455. The van der Waals surface area contributed by atoms with Crippen LogP contribution in [0.5, 0.6) is 46.0 Å². The number of fused-ring (bicyclic) bond motifs is 1. The Labute approximate surface area is 393 Å². The Bertz CT molecular complexity index is 2560. The molecule has 382 valence electrons. The third-order valence-electron chi connectivity index (χ3n) is 11.6. The summed E-state index contributed by atoms with van der Waals surface area (Å²) in [6.45, 7) is -2.75. The average Bonchev–Trinajstić information content (AvgIpc) is 3.34. The van der Waals surface area contributed by atoms with E-state index in [-0.39, 0.29) is 34.1 Å². The number of hydrogen-bond donors (Lipinski definition) is 14. The van der Waals surface area contributed by atoms with Crippen molar-refractivity contribution in [3.8, 4) is 57.3 Å². The molecule has 14 N–H and O–H groups in total. The van der Waals surface area contributed by atoms with E-state index in [1.54, 1.807) is 0 Å². The summed E-state index contributed by atoms with van der Waals surface area (Å²) in [4.78, 5) is 27.8. The number of esters is 1. The lowest BCUT2D eigenvalue weighted by atomic mass is 9.97. The number of aliphatic hydroxyl groups is 10. The molecule has 26 heteroatoms. The number of aromatic hydroxyl groups is 4. The molecule has 15 atom stereocenters. The van der Waals surface area contributed by atoms with Crippen molar-refractivity contribution in [2.24, 2.45) is 0 Å². The summed E-state index contributed by atoms with van der Waals surface area (Å²) in [7, 11) is 2.54. The number of phenolic OH excluding ortho intramolecular Hbond substituents is 4. The first kappa shape index (κ1) is 51.8. The molecule has 3 aliphatic heterocycles. The highest BCUT2D eigenvalue weighted by Gasteiger charge is 2.53. The third-order valence-corrected chi connectivity index (χ3v) is 11.6. The average molecular weight is 995 g/mol. The van der Waals surface area contributed by atoms with E-state index in [0.29, 0.717) is 0 Å². The molecule has 4 heterocycles. The number of rotatable bonds is 15. The maximum Gasteiger partial charge on any atom is 0.331 e. The van der Waals surface area contributed by atoms with Crippen LogP contribution in [0.1, 0.15) is 5.56 Å². The van der Waals surface area contributed by atoms with Crippen LogP contribution in [0.25, 0.3) is 28.4 Å². The minimum atomic E-state index is -2.17. The van der Waals surface area contributed by atoms with E-state index in [9.17, 15) is 81.1 Å². The highest BCUT2D eigenvalue weighted by Crippen LogP contribution is 2.42. The number of phenols is 4. The van der Waals surface area contributed by atoms with E-state index in [2.05, 4.69) is 0 Å². The van der Waals surface area contributed by atoms with E-state index >= 15 is 0 Å². The van der Waals surface area contributed by atoms with Crippen LogP contribution < -0.4 is 24.4 Å². The van der Waals surface area contributed by atoms with Crippen LogP contribution in [-0.4, -0.2) is 204 Å². The van der Waals surface area contributed by atoms with Crippen molar-refractivity contribution in [1.82, 2.24) is 0 Å². The molecule has 26 nitrogen and oxygen atoms in total. The lowest BCUT2D eigenvalue weighted by Crippen LogP contribution is -2.65. The fourth-order valence-corrected chi connectivity index (χ4v) is 7.79. The molecule has 1 aromatic heterocycles. The minimum absolute atomic E-state index is 0.0220. The number of carbonyl (C=O) groups is 1. The Kier molecular flexibility index (Phi) is 15.9. The Morgan fingerprint density at radius 2 is 1.20 bits per heavy atom. The molecule has 0 amide bonds. The van der Waals surface area contributed by atoms with Gasteiger partial charge < -0.3 is 119 Å². The first-order valence-electron chi connectivity index (χ1n) is 21.1. The highest BCUT2D eigenvalue weighted by molar-refractivity contribution is 5.89. The van der Waals surface area contributed by atoms with Crippen LogP contribution in [0.2, 0.25) is 0 Å². The predicted octanol–water partition coefficient (Wildman–Crippen LogP) is -3.25. The van der Waals surface area contributed by atoms with Gasteiger partial charge in [0.05, 0.1) is 34.0 Å². The molecule has 3 aromatic carbocycles. The van der Waals surface area contributed by atoms with Crippen LogP contribution in [0.15, 0.2) is 57.8 Å². The third kappa shape index (κ3) is 10.2. The molecule has 0 radical (unpaired) electrons. The van der Waals surface area contributed by atoms with Gasteiger partial charge in [-0.3, -0.25) is 4.79 Å². The van der Waals surface area contributed by atoms with E-state index in [1.807, 2.05) is 0 Å². The summed E-state index contributed by atoms with van der Waals surface area (Å²) in [6, 6.07) is 7.61. The second kappa shape index (κ2) is 21.5. The standard InChI is InChI=1S/C44H50O26/c1-61-22-7-15(8-23(62-2)29(22)52)3-6-27(51)68-40-35(58)31(54)25(13-46)66-43(40)70-41-36(59)32(55)26(14-47)67-44(41)69-39-33(56)28-20(50)10-17(63-42-37(60)34(57)30(53)24(12-45)65-42)11-21(28)64-38(39)16-4-5-18(48)19(49)9-16/h3-11,24-26,30-32,34-37,40-50,52-55,57-60H,12-14H2,1-2H3/b6-3+/t24-,25-,26-,30-,31-,32-,34+,35+,36+,37-,40-,41-,42-,43+,44+/m1/s1. The van der Waals surface area contributed by atoms with E-state index < -0.39 is 163 Å². The number of methoxy groups -OCH3 is 2. The van der Waals surface area contributed by atoms with Crippen molar-refractivity contribution >= 4 is 23.0 Å². The Morgan fingerprint density at radius 1 is 0.629 bits per heavy atom. The first-order valence-corrected chi connectivity index (χ1v) is 21.1. The van der Waals surface area contributed by atoms with Gasteiger partial charge in [-0.2, -0.15) is 0 Å². The molecule has 70 heavy (non-hydrogen) atoms. The number of benzene rings is 3. The van der Waals surface area contributed by atoms with E-state index in [0.717, 1.165) is 36.4 Å². The quantitative estimate of drug-likeness (QED) is 0.0316. The molecule has 7 rings (SSSR count). The van der Waals surface area contributed by atoms with Gasteiger partial charge in [0.15, 0.2) is 47.3 Å². The fourth-order valence-electron chi connectivity index (χ4n) is 7.79. The summed E-state index contributed by atoms with van der Waals surface area (Å²) in [6.07, 6.45) is -26.5. The maximum atomic E-state index is 14.6. The summed E-state index contributed by atoms with van der Waals surface area (Å²) in [5.41, 5.74) is -1.66. The van der Waals surface area contributed by atoms with Crippen molar-refractivity contribution in [3.63, 3.8) is 0 Å². The molecular formula is C44H50O26. The van der Waals surface area contributed by atoms with Crippen molar-refractivity contribution in [2.75, 3.05) is 34.0 Å². The minimum Gasteiger partial charge on any atom is -0.507 e. The molecular weight excluding hydrogens is 944 g/mol. The van der Waals surface area contributed by atoms with Crippen LogP contribution in [-0.2, 0) is 28.5 Å². The second-order valence-electron chi connectivity index (χ2n) is 16.1. The molecule has 3 saturated heterocycles. The monoisotopic (exact) mass is 994 g/mol. The van der Waals surface area contributed by atoms with Gasteiger partial charge in [-0.15, -0.1) is 0 Å². The van der Waals surface area contributed by atoms with Crippen LogP contribution in [0.4, 0.5) is 0 Å². The van der Waals surface area contributed by atoms with Gasteiger partial charge in [0, 0.05) is 23.8 Å². The SMILES string of the molecule is COc1cc(/C=C/C(=O)O[C@H]2[C@H](O[C@H]3[C@H](Oc4c(-c5ccc(O)c(O)c5)oc5cc(O[C@@H]6O[C@H](CO)[C@@H](O)[C@H](O)[C@H]6O)cc(O)c5c4=O)O[C@H](CO)[C@@H](O)[C@@H]3O)O[C@H](CO)[C@@H](O)[C@@H]2O)cc(OC)c1O. The lowest BCUT2D eigenvalue weighted by Gasteiger charge is -2.46. The zero-order chi connectivity index (χ0) is 50.9. The van der Waals surface area contributed by atoms with Crippen LogP contribution in [0.3, 0.4) is 0 Å². The van der Waals surface area contributed by atoms with Gasteiger partial charge in [0.25, 0.3) is 0 Å². The second-order valence-corrected chi connectivity index (χ2v) is 16.1. The Hall–Kier alpha value is -6.08. The number of hydrogen-bond acceptors (Lipinski definition) is 26. The molecule has 3 fully saturated rings. The predicted molar refractivity (Wildman–Crippen MR) is 228 cm³/mol. The Balaban J connectivity index is 1.26. The molecule has 3 aliphatic rings. The largest absolute Gasteiger partial charge is 0.507 e. The van der Waals surface area contributed by atoms with Gasteiger partial charge in [0.1, 0.15) is 83.5 Å². The van der Waals surface area contributed by atoms with Crippen molar-refractivity contribution in [1.29, 1.82) is 0 Å². The smallest absolute Gasteiger partial charge is 0.331 e. The van der Waals surface area contributed by atoms with Gasteiger partial charge in [-0.05, 0) is 42.0 Å². The van der Waals surface area contributed by atoms with Crippen molar-refractivity contribution in [3.05, 3.63) is 64.3 Å². The zero-order valence-corrected chi connectivity index (χ0v) is 36.6. The van der Waals surface area contributed by atoms with Gasteiger partial charge >= 0.3 is 5.97 Å². The molecule has 0 aliphatic carbocycles. The lowest BCUT2D eigenvalue weighted by molar-refractivity contribution is -0.358. The van der Waals surface area contributed by atoms with Crippen LogP contribution >= 0.6 is 0 Å². The van der Waals surface area contributed by atoms with E-state index in [1.165, 1.54) is 32.4 Å². The highest BCUT2D eigenvalue weighted by atomic mass is 16.8. The van der Waals surface area contributed by atoms with Crippen molar-refractivity contribution in [2.45, 2.75) is 92.1 Å². The molecule has 0 bridgehead atoms. The number of carbonyl (C=O) groups excluding carboxylic acids is 1. The van der Waals surface area contributed by atoms with Crippen LogP contribution in [0, 0.1) is 0 Å². The summed E-state index contributed by atoms with van der Waals surface area (Å²) < 4.78 is 56.2. The normalized spacial score (nSPS) is 31.3. The summed E-state index contributed by atoms with van der Waals surface area (Å²) in [5, 5.41) is 147. The molecule has 0 unspecified atom stereocenters. The van der Waals surface area contributed by atoms with Gasteiger partial charge in [0.2, 0.25) is 29.5 Å². The van der Waals surface area contributed by atoms with E-state index in [4.69, 9.17) is 47.0 Å². The van der Waals surface area contributed by atoms with Crippen molar-refractivity contribution < 1.29 is 123 Å². The molecule has 4 aromatic rings. The Morgan fingerprint density at radius 3 is 1.79 bits per heavy atom. The zero-order valence-electron chi connectivity index (χ0n) is 36.6. The van der Waals surface area contributed by atoms with Gasteiger partial charge in [-0.1, -0.05) is 0 Å². The van der Waals surface area contributed by atoms with Gasteiger partial charge in [-0.25, -0.2) is 4.79 Å². The topological polar surface area (TPSA) is 414 Å². The maximum absolute atomic E-state index is 14.6.